The van der Waals surface area contributed by atoms with Crippen molar-refractivity contribution < 1.29 is 14.0 Å². The molecule has 0 aliphatic rings. The molecule has 0 fully saturated rings. The Hall–Kier alpha value is -2.64. The first kappa shape index (κ1) is 16.2. The van der Waals surface area contributed by atoms with Crippen LogP contribution in [0, 0.1) is 0 Å². The van der Waals surface area contributed by atoms with Crippen molar-refractivity contribution in [1.29, 1.82) is 0 Å². The van der Waals surface area contributed by atoms with Gasteiger partial charge in [-0.1, -0.05) is 23.7 Å². The van der Waals surface area contributed by atoms with Crippen LogP contribution in [0.15, 0.2) is 52.5 Å². The van der Waals surface area contributed by atoms with Crippen LogP contribution >= 0.6 is 22.9 Å². The lowest BCUT2D eigenvalue weighted by atomic mass is 10.2. The lowest BCUT2D eigenvalue weighted by Crippen LogP contribution is -2.32. The number of thiazole rings is 1. The van der Waals surface area contributed by atoms with Crippen LogP contribution in [0.3, 0.4) is 0 Å². The van der Waals surface area contributed by atoms with Gasteiger partial charge in [-0.05, 0) is 24.3 Å². The van der Waals surface area contributed by atoms with Crippen molar-refractivity contribution in [3.05, 3.63) is 58.8 Å². The monoisotopic (exact) mass is 361 g/mol. The van der Waals surface area contributed by atoms with Gasteiger partial charge in [-0.15, -0.1) is 11.3 Å². The van der Waals surface area contributed by atoms with Crippen LogP contribution in [0.1, 0.15) is 10.6 Å². The molecule has 122 valence electrons. The molecule has 0 unspecified atom stereocenters. The molecule has 2 amide bonds. The van der Waals surface area contributed by atoms with E-state index in [1.54, 1.807) is 18.2 Å². The summed E-state index contributed by atoms with van der Waals surface area (Å²) in [6.45, 7) is -0.171. The first-order valence-electron chi connectivity index (χ1n) is 6.95. The zero-order valence-corrected chi connectivity index (χ0v) is 13.9. The number of carbonyl (C=O) groups is 2. The number of aromatic nitrogens is 1. The smallest absolute Gasteiger partial charge is 0.287 e. The molecule has 1 aromatic carbocycles. The molecule has 0 spiro atoms. The van der Waals surface area contributed by atoms with Gasteiger partial charge in [-0.2, -0.15) is 0 Å². The van der Waals surface area contributed by atoms with Gasteiger partial charge in [0.05, 0.1) is 18.5 Å². The first-order chi connectivity index (χ1) is 11.6. The Morgan fingerprint density at radius 3 is 2.71 bits per heavy atom. The van der Waals surface area contributed by atoms with Gasteiger partial charge in [0.15, 0.2) is 10.9 Å². The molecule has 0 saturated heterocycles. The van der Waals surface area contributed by atoms with Crippen LogP contribution in [0.4, 0.5) is 5.13 Å². The van der Waals surface area contributed by atoms with Gasteiger partial charge in [0.2, 0.25) is 5.91 Å². The Morgan fingerprint density at radius 1 is 1.21 bits per heavy atom. The number of amides is 2. The molecule has 2 heterocycles. The molecule has 2 N–H and O–H groups in total. The fraction of sp³-hybridized carbons (Fsp3) is 0.0625. The summed E-state index contributed by atoms with van der Waals surface area (Å²) >= 11 is 7.16. The summed E-state index contributed by atoms with van der Waals surface area (Å²) in [7, 11) is 0. The summed E-state index contributed by atoms with van der Waals surface area (Å²) in [5, 5.41) is 8.05. The maximum Gasteiger partial charge on any atom is 0.287 e. The minimum atomic E-state index is -0.448. The van der Waals surface area contributed by atoms with Crippen LogP contribution in [-0.4, -0.2) is 23.3 Å². The van der Waals surface area contributed by atoms with E-state index >= 15 is 0 Å². The largest absolute Gasteiger partial charge is 0.459 e. The first-order valence-corrected chi connectivity index (χ1v) is 8.20. The van der Waals surface area contributed by atoms with Crippen molar-refractivity contribution in [2.24, 2.45) is 0 Å². The highest BCUT2D eigenvalue weighted by molar-refractivity contribution is 7.14. The third-order valence-corrected chi connectivity index (χ3v) is 4.05. The topological polar surface area (TPSA) is 84.2 Å². The van der Waals surface area contributed by atoms with Gasteiger partial charge >= 0.3 is 0 Å². The Bertz CT molecular complexity index is 844. The van der Waals surface area contributed by atoms with Crippen LogP contribution in [0.25, 0.3) is 11.3 Å². The van der Waals surface area contributed by atoms with Crippen molar-refractivity contribution in [3.63, 3.8) is 0 Å². The third-order valence-electron chi connectivity index (χ3n) is 3.04. The molecule has 0 bridgehead atoms. The summed E-state index contributed by atoms with van der Waals surface area (Å²) < 4.78 is 4.94. The van der Waals surface area contributed by atoms with E-state index in [0.717, 1.165) is 11.3 Å². The van der Waals surface area contributed by atoms with E-state index in [0.29, 0.717) is 10.2 Å². The minimum Gasteiger partial charge on any atom is -0.459 e. The van der Waals surface area contributed by atoms with Gasteiger partial charge in [-0.3, -0.25) is 9.59 Å². The number of carbonyl (C=O) groups excluding carboxylic acids is 2. The van der Waals surface area contributed by atoms with Crippen molar-refractivity contribution in [1.82, 2.24) is 10.3 Å². The van der Waals surface area contributed by atoms with Crippen LogP contribution in [-0.2, 0) is 4.79 Å². The standard InChI is InChI=1S/C16H12ClN3O3S/c17-11-5-3-10(4-6-11)12-9-24-16(19-12)20-14(21)8-18-15(22)13-2-1-7-23-13/h1-7,9H,8H2,(H,18,22)(H,19,20,21). The van der Waals surface area contributed by atoms with E-state index in [1.807, 2.05) is 17.5 Å². The fourth-order valence-corrected chi connectivity index (χ4v) is 2.77. The zero-order valence-electron chi connectivity index (χ0n) is 12.3. The highest BCUT2D eigenvalue weighted by atomic mass is 35.5. The van der Waals surface area contributed by atoms with Crippen LogP contribution in [0.2, 0.25) is 5.02 Å². The lowest BCUT2D eigenvalue weighted by molar-refractivity contribution is -0.115. The number of nitrogens with one attached hydrogen (secondary N) is 2. The Kier molecular flexibility index (Phi) is 4.93. The second-order valence-electron chi connectivity index (χ2n) is 4.75. The summed E-state index contributed by atoms with van der Waals surface area (Å²) in [5.41, 5.74) is 1.65. The van der Waals surface area contributed by atoms with E-state index in [1.165, 1.54) is 23.7 Å². The van der Waals surface area contributed by atoms with E-state index < -0.39 is 5.91 Å². The van der Waals surface area contributed by atoms with Gasteiger partial charge in [0.25, 0.3) is 5.91 Å². The van der Waals surface area contributed by atoms with Gasteiger partial charge in [0, 0.05) is 16.0 Å². The Morgan fingerprint density at radius 2 is 2.00 bits per heavy atom. The highest BCUT2D eigenvalue weighted by Crippen LogP contribution is 2.25. The Labute approximate surface area is 146 Å². The molecule has 8 heteroatoms. The number of benzene rings is 1. The molecule has 3 aromatic rings. The number of halogens is 1. The van der Waals surface area contributed by atoms with Gasteiger partial charge < -0.3 is 15.1 Å². The maximum atomic E-state index is 11.9. The second kappa shape index (κ2) is 7.29. The predicted molar refractivity (Wildman–Crippen MR) is 92.2 cm³/mol. The van der Waals surface area contributed by atoms with E-state index in [-0.39, 0.29) is 18.2 Å². The molecule has 0 radical (unpaired) electrons. The molecule has 3 rings (SSSR count). The molecule has 24 heavy (non-hydrogen) atoms. The van der Waals surface area contributed by atoms with Crippen molar-refractivity contribution in [2.45, 2.75) is 0 Å². The SMILES string of the molecule is O=C(CNC(=O)c1ccco1)Nc1nc(-c2ccc(Cl)cc2)cs1. The second-order valence-corrected chi connectivity index (χ2v) is 6.05. The number of nitrogens with zero attached hydrogens (tertiary/aromatic N) is 1. The molecular formula is C16H12ClN3O3S. The van der Waals surface area contributed by atoms with Crippen LogP contribution in [0.5, 0.6) is 0 Å². The quantitative estimate of drug-likeness (QED) is 0.729. The summed E-state index contributed by atoms with van der Waals surface area (Å²) in [4.78, 5) is 27.9. The minimum absolute atomic E-state index is 0.155. The van der Waals surface area contributed by atoms with Crippen molar-refractivity contribution in [3.8, 4) is 11.3 Å². The summed E-state index contributed by atoms with van der Waals surface area (Å²) in [5.74, 6) is -0.662. The van der Waals surface area contributed by atoms with E-state index in [4.69, 9.17) is 16.0 Å². The van der Waals surface area contributed by atoms with Gasteiger partial charge in [-0.25, -0.2) is 4.98 Å². The molecule has 0 aliphatic carbocycles. The summed E-state index contributed by atoms with van der Waals surface area (Å²) in [6, 6.07) is 10.4. The van der Waals surface area contributed by atoms with Crippen molar-refractivity contribution in [2.75, 3.05) is 11.9 Å². The lowest BCUT2D eigenvalue weighted by Gasteiger charge is -2.03. The fourth-order valence-electron chi connectivity index (χ4n) is 1.90. The number of anilines is 1. The molecular weight excluding hydrogens is 350 g/mol. The average molecular weight is 362 g/mol. The molecule has 2 aromatic heterocycles. The summed E-state index contributed by atoms with van der Waals surface area (Å²) in [6.07, 6.45) is 1.39. The Balaban J connectivity index is 1.55. The number of rotatable bonds is 5. The highest BCUT2D eigenvalue weighted by Gasteiger charge is 2.12. The van der Waals surface area contributed by atoms with Crippen LogP contribution < -0.4 is 10.6 Å². The molecule has 0 aliphatic heterocycles. The van der Waals surface area contributed by atoms with E-state index in [2.05, 4.69) is 15.6 Å². The maximum absolute atomic E-state index is 11.9. The normalized spacial score (nSPS) is 10.4. The van der Waals surface area contributed by atoms with Crippen molar-refractivity contribution >= 4 is 39.9 Å². The predicted octanol–water partition coefficient (Wildman–Crippen LogP) is 3.43. The third kappa shape index (κ3) is 4.01. The molecule has 0 saturated carbocycles. The molecule has 0 atom stereocenters. The van der Waals surface area contributed by atoms with Gasteiger partial charge in [0.1, 0.15) is 0 Å². The van der Waals surface area contributed by atoms with E-state index in [9.17, 15) is 9.59 Å². The molecule has 6 nitrogen and oxygen atoms in total. The average Bonchev–Trinajstić information content (AvgIpc) is 3.25. The number of hydrogen-bond acceptors (Lipinski definition) is 5. The number of furan rings is 1. The number of hydrogen-bond donors (Lipinski definition) is 2. The zero-order chi connectivity index (χ0) is 16.9.